The van der Waals surface area contributed by atoms with E-state index in [0.717, 1.165) is 23.1 Å². The number of rotatable bonds is 6. The van der Waals surface area contributed by atoms with Crippen molar-refractivity contribution in [2.24, 2.45) is 0 Å². The van der Waals surface area contributed by atoms with E-state index in [1.165, 1.54) is 14.0 Å². The second-order valence-corrected chi connectivity index (χ2v) is 5.28. The van der Waals surface area contributed by atoms with Crippen LogP contribution in [0.4, 0.5) is 0 Å². The summed E-state index contributed by atoms with van der Waals surface area (Å²) in [6.07, 6.45) is 2.80. The fraction of sp³-hybridized carbons (Fsp3) is 0.438. The number of esters is 1. The highest BCUT2D eigenvalue weighted by atomic mass is 16.5. The Balaban J connectivity index is 2.24. The number of benzene rings is 1. The lowest BCUT2D eigenvalue weighted by Crippen LogP contribution is -2.40. The molecule has 0 aliphatic carbocycles. The normalized spacial score (nSPS) is 13.9. The van der Waals surface area contributed by atoms with Gasteiger partial charge < -0.3 is 19.1 Å². The zero-order valence-corrected chi connectivity index (χ0v) is 12.6. The van der Waals surface area contributed by atoms with Crippen molar-refractivity contribution in [3.63, 3.8) is 0 Å². The van der Waals surface area contributed by atoms with Crippen LogP contribution in [0.1, 0.15) is 20.3 Å². The summed E-state index contributed by atoms with van der Waals surface area (Å²) in [4.78, 5) is 11.6. The van der Waals surface area contributed by atoms with Gasteiger partial charge in [0.15, 0.2) is 5.60 Å². The van der Waals surface area contributed by atoms with Crippen LogP contribution in [0.25, 0.3) is 10.9 Å². The van der Waals surface area contributed by atoms with Crippen molar-refractivity contribution in [2.75, 3.05) is 13.7 Å². The van der Waals surface area contributed by atoms with E-state index in [1.807, 2.05) is 35.0 Å². The number of fused-ring (bicyclic) bond motifs is 1. The summed E-state index contributed by atoms with van der Waals surface area (Å²) in [6, 6.07) is 7.70. The van der Waals surface area contributed by atoms with Gasteiger partial charge in [-0.3, -0.25) is 0 Å². The zero-order chi connectivity index (χ0) is 15.5. The molecule has 5 heteroatoms. The molecule has 0 fully saturated rings. The smallest absolute Gasteiger partial charge is 0.339 e. The molecule has 2 rings (SSSR count). The molecule has 1 N–H and O–H groups in total. The molecule has 1 aromatic carbocycles. The summed E-state index contributed by atoms with van der Waals surface area (Å²) in [5.74, 6) is 0.175. The predicted molar refractivity (Wildman–Crippen MR) is 80.4 cm³/mol. The molecular formula is C16H21NO4. The molecule has 114 valence electrons. The fourth-order valence-corrected chi connectivity index (χ4v) is 2.24. The van der Waals surface area contributed by atoms with Crippen LogP contribution in [0.2, 0.25) is 0 Å². The summed E-state index contributed by atoms with van der Waals surface area (Å²) >= 11 is 0. The number of ether oxygens (including phenoxy) is 2. The molecule has 1 aromatic heterocycles. The van der Waals surface area contributed by atoms with Crippen LogP contribution in [0.5, 0.6) is 5.75 Å². The maximum atomic E-state index is 11.6. The molecule has 1 unspecified atom stereocenters. The molecule has 0 aliphatic rings. The van der Waals surface area contributed by atoms with Gasteiger partial charge in [-0.05, 0) is 37.6 Å². The Morgan fingerprint density at radius 2 is 2.14 bits per heavy atom. The fourth-order valence-electron chi connectivity index (χ4n) is 2.24. The maximum absolute atomic E-state index is 11.6. The molecule has 2 aromatic rings. The van der Waals surface area contributed by atoms with Gasteiger partial charge in [-0.25, -0.2) is 4.79 Å². The standard InChI is InChI=1S/C16H21NO4/c1-4-9-21-13-5-6-14-12(10-13)7-8-17(14)11-16(2,19)15(18)20-3/h5-8,10,19H,4,9,11H2,1-3H3. The zero-order valence-electron chi connectivity index (χ0n) is 12.6. The third-order valence-corrected chi connectivity index (χ3v) is 3.32. The van der Waals surface area contributed by atoms with E-state index in [2.05, 4.69) is 11.7 Å². The van der Waals surface area contributed by atoms with E-state index in [9.17, 15) is 9.90 Å². The predicted octanol–water partition coefficient (Wildman–Crippen LogP) is 2.35. The van der Waals surface area contributed by atoms with Gasteiger partial charge >= 0.3 is 5.97 Å². The van der Waals surface area contributed by atoms with E-state index in [0.29, 0.717) is 6.61 Å². The first-order chi connectivity index (χ1) is 9.97. The second-order valence-electron chi connectivity index (χ2n) is 5.28. The van der Waals surface area contributed by atoms with Crippen LogP contribution in [0, 0.1) is 0 Å². The second kappa shape index (κ2) is 6.18. The first kappa shape index (κ1) is 15.4. The van der Waals surface area contributed by atoms with Crippen LogP contribution < -0.4 is 4.74 Å². The number of aromatic nitrogens is 1. The van der Waals surface area contributed by atoms with Crippen LogP contribution in [-0.4, -0.2) is 35.0 Å². The molecular weight excluding hydrogens is 270 g/mol. The summed E-state index contributed by atoms with van der Waals surface area (Å²) in [7, 11) is 1.27. The Bertz CT molecular complexity index is 630. The van der Waals surface area contributed by atoms with Crippen LogP contribution in [0.15, 0.2) is 30.5 Å². The van der Waals surface area contributed by atoms with E-state index in [1.54, 1.807) is 0 Å². The Morgan fingerprint density at radius 1 is 1.38 bits per heavy atom. The average molecular weight is 291 g/mol. The maximum Gasteiger partial charge on any atom is 0.339 e. The molecule has 0 aliphatic heterocycles. The van der Waals surface area contributed by atoms with Gasteiger partial charge in [0, 0.05) is 17.1 Å². The topological polar surface area (TPSA) is 60.7 Å². The largest absolute Gasteiger partial charge is 0.494 e. The molecule has 0 saturated carbocycles. The SMILES string of the molecule is CCCOc1ccc2c(ccn2CC(C)(O)C(=O)OC)c1. The van der Waals surface area contributed by atoms with Gasteiger partial charge in [0.05, 0.1) is 20.3 Å². The van der Waals surface area contributed by atoms with Crippen molar-refractivity contribution < 1.29 is 19.4 Å². The molecule has 0 spiro atoms. The van der Waals surface area contributed by atoms with Crippen molar-refractivity contribution in [3.8, 4) is 5.75 Å². The molecule has 0 radical (unpaired) electrons. The average Bonchev–Trinajstić information content (AvgIpc) is 2.86. The third-order valence-electron chi connectivity index (χ3n) is 3.32. The molecule has 0 amide bonds. The van der Waals surface area contributed by atoms with Gasteiger partial charge in [-0.1, -0.05) is 6.92 Å². The molecule has 21 heavy (non-hydrogen) atoms. The number of carbonyl (C=O) groups excluding carboxylic acids is 1. The summed E-state index contributed by atoms with van der Waals surface area (Å²) < 4.78 is 12.0. The minimum atomic E-state index is -1.56. The molecule has 0 saturated heterocycles. The van der Waals surface area contributed by atoms with Crippen molar-refractivity contribution in [1.29, 1.82) is 0 Å². The van der Waals surface area contributed by atoms with E-state index in [4.69, 9.17) is 4.74 Å². The van der Waals surface area contributed by atoms with Gasteiger partial charge in [-0.2, -0.15) is 0 Å². The van der Waals surface area contributed by atoms with Crippen LogP contribution >= 0.6 is 0 Å². The van der Waals surface area contributed by atoms with Gasteiger partial charge in [-0.15, -0.1) is 0 Å². The number of hydrogen-bond acceptors (Lipinski definition) is 4. The van der Waals surface area contributed by atoms with E-state index >= 15 is 0 Å². The quantitative estimate of drug-likeness (QED) is 0.830. The van der Waals surface area contributed by atoms with E-state index in [-0.39, 0.29) is 6.54 Å². The van der Waals surface area contributed by atoms with Crippen molar-refractivity contribution in [3.05, 3.63) is 30.5 Å². The lowest BCUT2D eigenvalue weighted by Gasteiger charge is -2.21. The first-order valence-electron chi connectivity index (χ1n) is 7.00. The summed E-state index contributed by atoms with van der Waals surface area (Å²) in [5, 5.41) is 11.2. The Kier molecular flexibility index (Phi) is 4.53. The summed E-state index contributed by atoms with van der Waals surface area (Å²) in [6.45, 7) is 4.33. The Labute approximate surface area is 124 Å². The van der Waals surface area contributed by atoms with Crippen LogP contribution in [-0.2, 0) is 16.1 Å². The van der Waals surface area contributed by atoms with Crippen molar-refractivity contribution in [1.82, 2.24) is 4.57 Å². The number of carbonyl (C=O) groups is 1. The molecule has 0 bridgehead atoms. The Hall–Kier alpha value is -2.01. The van der Waals surface area contributed by atoms with Crippen molar-refractivity contribution in [2.45, 2.75) is 32.4 Å². The van der Waals surface area contributed by atoms with Gasteiger partial charge in [0.2, 0.25) is 0 Å². The third kappa shape index (κ3) is 3.36. The number of hydrogen-bond donors (Lipinski definition) is 1. The Morgan fingerprint density at radius 3 is 2.81 bits per heavy atom. The summed E-state index contributed by atoms with van der Waals surface area (Å²) in [5.41, 5.74) is -0.624. The number of nitrogens with zero attached hydrogens (tertiary/aromatic N) is 1. The highest BCUT2D eigenvalue weighted by Crippen LogP contribution is 2.24. The van der Waals surface area contributed by atoms with Crippen molar-refractivity contribution >= 4 is 16.9 Å². The highest BCUT2D eigenvalue weighted by molar-refractivity contribution is 5.83. The molecule has 1 heterocycles. The number of aliphatic hydroxyl groups is 1. The highest BCUT2D eigenvalue weighted by Gasteiger charge is 2.32. The van der Waals surface area contributed by atoms with Crippen LogP contribution in [0.3, 0.4) is 0 Å². The van der Waals surface area contributed by atoms with Gasteiger partial charge in [0.1, 0.15) is 5.75 Å². The van der Waals surface area contributed by atoms with Gasteiger partial charge in [0.25, 0.3) is 0 Å². The van der Waals surface area contributed by atoms with E-state index < -0.39 is 11.6 Å². The first-order valence-corrected chi connectivity index (χ1v) is 7.00. The minimum Gasteiger partial charge on any atom is -0.494 e. The lowest BCUT2D eigenvalue weighted by atomic mass is 10.1. The molecule has 5 nitrogen and oxygen atoms in total. The minimum absolute atomic E-state index is 0.137. The number of methoxy groups -OCH3 is 1. The molecule has 1 atom stereocenters. The lowest BCUT2D eigenvalue weighted by molar-refractivity contribution is -0.161. The monoisotopic (exact) mass is 291 g/mol.